The first-order valence-corrected chi connectivity index (χ1v) is 8.67. The Morgan fingerprint density at radius 3 is 2.64 bits per heavy atom. The number of hydrogen-bond acceptors (Lipinski definition) is 4. The summed E-state index contributed by atoms with van der Waals surface area (Å²) in [5, 5.41) is 0. The molecular formula is C15H18N2O4S. The van der Waals surface area contributed by atoms with E-state index in [0.29, 0.717) is 19.6 Å². The molecule has 1 N–H and O–H groups in total. The first-order valence-electron chi connectivity index (χ1n) is 7.02. The molecule has 1 amide bonds. The smallest absolute Gasteiger partial charge is 0.414 e. The highest BCUT2D eigenvalue weighted by Crippen LogP contribution is 2.18. The number of carbonyl (C=O) groups is 1. The Kier molecular flexibility index (Phi) is 5.41. The van der Waals surface area contributed by atoms with Gasteiger partial charge in [-0.2, -0.15) is 0 Å². The predicted molar refractivity (Wildman–Crippen MR) is 84.1 cm³/mol. The van der Waals surface area contributed by atoms with Gasteiger partial charge >= 0.3 is 6.09 Å². The summed E-state index contributed by atoms with van der Waals surface area (Å²) in [6, 6.07) is 7.15. The molecule has 1 aliphatic rings. The lowest BCUT2D eigenvalue weighted by molar-refractivity contribution is 0.181. The lowest BCUT2D eigenvalue weighted by atomic mass is 10.2. The summed E-state index contributed by atoms with van der Waals surface area (Å²) < 4.78 is 30.2. The monoisotopic (exact) mass is 322 g/mol. The minimum Gasteiger partial charge on any atom is -0.447 e. The first-order chi connectivity index (χ1) is 10.5. The molecule has 0 bridgehead atoms. The summed E-state index contributed by atoms with van der Waals surface area (Å²) in [5.41, 5.74) is 1.52. The highest BCUT2D eigenvalue weighted by molar-refractivity contribution is 7.89. The van der Waals surface area contributed by atoms with E-state index in [1.54, 1.807) is 29.2 Å². The minimum atomic E-state index is -3.22. The number of hydrogen-bond donors (Lipinski definition) is 1. The van der Waals surface area contributed by atoms with Gasteiger partial charge in [0.25, 0.3) is 0 Å². The Morgan fingerprint density at radius 1 is 1.32 bits per heavy atom. The molecular weight excluding hydrogens is 304 g/mol. The molecule has 118 valence electrons. The van der Waals surface area contributed by atoms with E-state index in [1.807, 2.05) is 6.92 Å². The zero-order valence-corrected chi connectivity index (χ0v) is 13.1. The van der Waals surface area contributed by atoms with Crippen LogP contribution in [0.1, 0.15) is 18.9 Å². The Bertz CT molecular complexity index is 686. The fraction of sp³-hybridized carbons (Fsp3) is 0.400. The lowest BCUT2D eigenvalue weighted by Gasteiger charge is -2.11. The summed E-state index contributed by atoms with van der Waals surface area (Å²) >= 11 is 0. The van der Waals surface area contributed by atoms with E-state index in [1.165, 1.54) is 0 Å². The summed E-state index contributed by atoms with van der Waals surface area (Å²) in [4.78, 5) is 13.0. The molecule has 0 radical (unpaired) electrons. The summed E-state index contributed by atoms with van der Waals surface area (Å²) in [6.07, 6.45) is 0.229. The molecule has 0 unspecified atom stereocenters. The maximum Gasteiger partial charge on any atom is 0.414 e. The van der Waals surface area contributed by atoms with Crippen molar-refractivity contribution in [3.63, 3.8) is 0 Å². The van der Waals surface area contributed by atoms with Gasteiger partial charge in [0.1, 0.15) is 6.61 Å². The van der Waals surface area contributed by atoms with E-state index in [4.69, 9.17) is 4.74 Å². The Labute approximate surface area is 130 Å². The van der Waals surface area contributed by atoms with Gasteiger partial charge in [0.2, 0.25) is 10.0 Å². The van der Waals surface area contributed by atoms with Gasteiger partial charge in [-0.25, -0.2) is 17.9 Å². The second-order valence-corrected chi connectivity index (χ2v) is 6.68. The van der Waals surface area contributed by atoms with Gasteiger partial charge in [-0.05, 0) is 30.7 Å². The van der Waals surface area contributed by atoms with Gasteiger partial charge in [0.05, 0.1) is 18.8 Å². The second kappa shape index (κ2) is 7.29. The molecule has 2 rings (SSSR count). The van der Waals surface area contributed by atoms with Crippen LogP contribution in [0.4, 0.5) is 10.5 Å². The van der Waals surface area contributed by atoms with Gasteiger partial charge in [0.15, 0.2) is 0 Å². The SMILES string of the molecule is CCCS(=O)(=O)NCC#Cc1ccc(N2CCOC2=O)cc1. The van der Waals surface area contributed by atoms with Crippen molar-refractivity contribution in [2.24, 2.45) is 0 Å². The van der Waals surface area contributed by atoms with Crippen LogP contribution in [0, 0.1) is 11.8 Å². The number of sulfonamides is 1. The van der Waals surface area contributed by atoms with Crippen LogP contribution in [0.2, 0.25) is 0 Å². The highest BCUT2D eigenvalue weighted by atomic mass is 32.2. The summed E-state index contributed by atoms with van der Waals surface area (Å²) in [6.45, 7) is 2.84. The normalized spacial score (nSPS) is 14.4. The largest absolute Gasteiger partial charge is 0.447 e. The second-order valence-electron chi connectivity index (χ2n) is 4.75. The van der Waals surface area contributed by atoms with Crippen LogP contribution in [-0.2, 0) is 14.8 Å². The van der Waals surface area contributed by atoms with Gasteiger partial charge < -0.3 is 4.74 Å². The number of carbonyl (C=O) groups excluding carboxylic acids is 1. The maximum atomic E-state index is 11.4. The third kappa shape index (κ3) is 4.48. The molecule has 6 nitrogen and oxygen atoms in total. The number of ether oxygens (including phenoxy) is 1. The van der Waals surface area contributed by atoms with E-state index >= 15 is 0 Å². The fourth-order valence-electron chi connectivity index (χ4n) is 1.99. The third-order valence-corrected chi connectivity index (χ3v) is 4.56. The predicted octanol–water partition coefficient (Wildman–Crippen LogP) is 1.32. The number of amides is 1. The number of rotatable bonds is 5. The van der Waals surface area contributed by atoms with Crippen molar-refractivity contribution < 1.29 is 17.9 Å². The first kappa shape index (κ1) is 16.3. The highest BCUT2D eigenvalue weighted by Gasteiger charge is 2.23. The van der Waals surface area contributed by atoms with E-state index in [0.717, 1.165) is 11.3 Å². The van der Waals surface area contributed by atoms with Gasteiger partial charge in [0, 0.05) is 11.3 Å². The molecule has 1 aromatic rings. The van der Waals surface area contributed by atoms with Gasteiger partial charge in [-0.3, -0.25) is 4.90 Å². The lowest BCUT2D eigenvalue weighted by Crippen LogP contribution is -2.26. The average molecular weight is 322 g/mol. The number of anilines is 1. The molecule has 1 aliphatic heterocycles. The number of benzene rings is 1. The van der Waals surface area contributed by atoms with E-state index in [2.05, 4.69) is 16.6 Å². The minimum absolute atomic E-state index is 0.0858. The average Bonchev–Trinajstić information content (AvgIpc) is 2.90. The number of nitrogens with one attached hydrogen (secondary N) is 1. The number of nitrogens with zero attached hydrogens (tertiary/aromatic N) is 1. The van der Waals surface area contributed by atoms with Crippen LogP contribution >= 0.6 is 0 Å². The molecule has 22 heavy (non-hydrogen) atoms. The molecule has 0 aromatic heterocycles. The van der Waals surface area contributed by atoms with Crippen molar-refractivity contribution in [2.75, 3.05) is 30.3 Å². The van der Waals surface area contributed by atoms with E-state index < -0.39 is 10.0 Å². The molecule has 0 atom stereocenters. The summed E-state index contributed by atoms with van der Waals surface area (Å²) in [5.74, 6) is 5.75. The Morgan fingerprint density at radius 2 is 2.05 bits per heavy atom. The molecule has 0 spiro atoms. The molecule has 7 heteroatoms. The number of cyclic esters (lactones) is 1. The van der Waals surface area contributed by atoms with Crippen molar-refractivity contribution in [2.45, 2.75) is 13.3 Å². The molecule has 1 heterocycles. The van der Waals surface area contributed by atoms with Gasteiger partial charge in [-0.15, -0.1) is 0 Å². The molecule has 1 saturated heterocycles. The zero-order valence-electron chi connectivity index (χ0n) is 12.3. The Hall–Kier alpha value is -2.04. The zero-order chi connectivity index (χ0) is 16.0. The van der Waals surface area contributed by atoms with E-state index in [9.17, 15) is 13.2 Å². The van der Waals surface area contributed by atoms with Crippen molar-refractivity contribution in [1.29, 1.82) is 0 Å². The van der Waals surface area contributed by atoms with Crippen LogP contribution in [0.15, 0.2) is 24.3 Å². The molecule has 1 aromatic carbocycles. The third-order valence-electron chi connectivity index (χ3n) is 3.03. The molecule has 0 aliphatic carbocycles. The van der Waals surface area contributed by atoms with Crippen molar-refractivity contribution >= 4 is 21.8 Å². The van der Waals surface area contributed by atoms with E-state index in [-0.39, 0.29) is 18.4 Å². The van der Waals surface area contributed by atoms with Crippen molar-refractivity contribution in [3.05, 3.63) is 29.8 Å². The van der Waals surface area contributed by atoms with Crippen LogP contribution < -0.4 is 9.62 Å². The quantitative estimate of drug-likeness (QED) is 0.830. The van der Waals surface area contributed by atoms with Crippen LogP contribution in [0.3, 0.4) is 0 Å². The van der Waals surface area contributed by atoms with Crippen molar-refractivity contribution in [3.8, 4) is 11.8 Å². The standard InChI is InChI=1S/C15H18N2O4S/c1-2-12-22(19,20)16-9-3-4-13-5-7-14(8-6-13)17-10-11-21-15(17)18/h5-8,16H,2,9-12H2,1H3. The molecule has 1 fully saturated rings. The van der Waals surface area contributed by atoms with Crippen LogP contribution in [0.25, 0.3) is 0 Å². The Balaban J connectivity index is 1.92. The molecule has 0 saturated carbocycles. The van der Waals surface area contributed by atoms with Gasteiger partial charge in [-0.1, -0.05) is 18.8 Å². The maximum absolute atomic E-state index is 11.4. The van der Waals surface area contributed by atoms with Crippen LogP contribution in [0.5, 0.6) is 0 Å². The van der Waals surface area contributed by atoms with Crippen molar-refractivity contribution in [1.82, 2.24) is 4.72 Å². The fourth-order valence-corrected chi connectivity index (χ4v) is 2.96. The van der Waals surface area contributed by atoms with Crippen LogP contribution in [-0.4, -0.2) is 40.0 Å². The summed E-state index contributed by atoms with van der Waals surface area (Å²) in [7, 11) is -3.22. The topological polar surface area (TPSA) is 75.7 Å².